The molecule has 0 spiro atoms. The molecule has 0 aromatic carbocycles. The summed E-state index contributed by atoms with van der Waals surface area (Å²) in [6.07, 6.45) is 2.56. The van der Waals surface area contributed by atoms with Crippen LogP contribution in [0.5, 0.6) is 0 Å². The van der Waals surface area contributed by atoms with Crippen molar-refractivity contribution in [2.24, 2.45) is 0 Å². The van der Waals surface area contributed by atoms with Crippen LogP contribution in [0.1, 0.15) is 6.92 Å². The first-order valence-electron chi connectivity index (χ1n) is 1.63. The Hall–Kier alpha value is 0.846. The number of rotatable bonds is 1. The number of carbonyl (C=O) groups is 1. The van der Waals surface area contributed by atoms with Gasteiger partial charge < -0.3 is 5.11 Å². The average Bonchev–Trinajstić information content (AvgIpc) is 1.35. The minimum atomic E-state index is -0.891. The number of allylic oxidation sites excluding steroid dienone is 1. The molecular formula is C4H7KO2. The van der Waals surface area contributed by atoms with E-state index in [0.717, 1.165) is 6.08 Å². The molecule has 0 radical (unpaired) electrons. The molecule has 0 aliphatic carbocycles. The van der Waals surface area contributed by atoms with E-state index in [9.17, 15) is 4.79 Å². The standard InChI is InChI=1S/C4H6O2.K.H/c1-2-3-4(5)6;;/h2-3H,1H3,(H,5,6);;. The summed E-state index contributed by atoms with van der Waals surface area (Å²) in [5.41, 5.74) is 0. The van der Waals surface area contributed by atoms with E-state index >= 15 is 0 Å². The second kappa shape index (κ2) is 6.85. The van der Waals surface area contributed by atoms with Crippen LogP contribution in [0.3, 0.4) is 0 Å². The predicted octanol–water partition coefficient (Wildman–Crippen LogP) is -0.00140. The van der Waals surface area contributed by atoms with E-state index in [1.165, 1.54) is 6.08 Å². The molecule has 2 nitrogen and oxygen atoms in total. The Bertz CT molecular complexity index is 77.8. The Morgan fingerprint density at radius 3 is 2.14 bits per heavy atom. The molecule has 36 valence electrons. The van der Waals surface area contributed by atoms with Crippen LogP contribution in [0, 0.1) is 0 Å². The van der Waals surface area contributed by atoms with E-state index in [0.29, 0.717) is 0 Å². The summed E-state index contributed by atoms with van der Waals surface area (Å²) in [5, 5.41) is 7.83. The molecule has 0 saturated heterocycles. The molecule has 0 atom stereocenters. The molecule has 0 aromatic rings. The van der Waals surface area contributed by atoms with Gasteiger partial charge in [0.25, 0.3) is 0 Å². The quantitative estimate of drug-likeness (QED) is 0.396. The first-order valence-corrected chi connectivity index (χ1v) is 1.63. The van der Waals surface area contributed by atoms with Gasteiger partial charge in [-0.1, -0.05) is 6.08 Å². The number of hydrogen-bond acceptors (Lipinski definition) is 1. The number of aliphatic carboxylic acids is 1. The van der Waals surface area contributed by atoms with Crippen molar-refractivity contribution in [3.05, 3.63) is 12.2 Å². The zero-order valence-electron chi connectivity index (χ0n) is 3.51. The molecule has 3 heteroatoms. The van der Waals surface area contributed by atoms with E-state index in [1.54, 1.807) is 6.92 Å². The summed E-state index contributed by atoms with van der Waals surface area (Å²) in [6.45, 7) is 1.66. The summed E-state index contributed by atoms with van der Waals surface area (Å²) < 4.78 is 0. The van der Waals surface area contributed by atoms with Crippen LogP contribution in [-0.4, -0.2) is 62.5 Å². The Morgan fingerprint density at radius 2 is 2.14 bits per heavy atom. The third kappa shape index (κ3) is 10.9. The van der Waals surface area contributed by atoms with Crippen LogP contribution in [-0.2, 0) is 4.79 Å². The fourth-order valence-electron chi connectivity index (χ4n) is 0.143. The van der Waals surface area contributed by atoms with Crippen LogP contribution >= 0.6 is 0 Å². The monoisotopic (exact) mass is 126 g/mol. The van der Waals surface area contributed by atoms with Gasteiger partial charge in [0.05, 0.1) is 0 Å². The molecule has 7 heavy (non-hydrogen) atoms. The molecule has 0 rings (SSSR count). The fraction of sp³-hybridized carbons (Fsp3) is 0.250. The Labute approximate surface area is 85.0 Å². The molecule has 1 N–H and O–H groups in total. The van der Waals surface area contributed by atoms with Crippen LogP contribution in [0.2, 0.25) is 0 Å². The van der Waals surface area contributed by atoms with E-state index in [1.807, 2.05) is 0 Å². The molecule has 0 heterocycles. The summed E-state index contributed by atoms with van der Waals surface area (Å²) in [7, 11) is 0. The Kier molecular flexibility index (Phi) is 10.5. The van der Waals surface area contributed by atoms with Gasteiger partial charge in [-0.15, -0.1) is 0 Å². The Balaban J connectivity index is 0. The van der Waals surface area contributed by atoms with Gasteiger partial charge in [-0.05, 0) is 6.92 Å². The van der Waals surface area contributed by atoms with Gasteiger partial charge in [0.1, 0.15) is 0 Å². The molecule has 0 fully saturated rings. The molecular weight excluding hydrogens is 119 g/mol. The van der Waals surface area contributed by atoms with Crippen molar-refractivity contribution in [3.8, 4) is 0 Å². The number of hydrogen-bond donors (Lipinski definition) is 1. The maximum absolute atomic E-state index is 9.51. The predicted molar refractivity (Wildman–Crippen MR) is 29.6 cm³/mol. The van der Waals surface area contributed by atoms with Gasteiger partial charge in [0, 0.05) is 6.08 Å². The molecule has 0 amide bonds. The maximum atomic E-state index is 9.51. The zero-order valence-corrected chi connectivity index (χ0v) is 3.51. The fourth-order valence-corrected chi connectivity index (χ4v) is 0.143. The van der Waals surface area contributed by atoms with Gasteiger partial charge in [-0.25, -0.2) is 4.79 Å². The van der Waals surface area contributed by atoms with E-state index in [2.05, 4.69) is 0 Å². The van der Waals surface area contributed by atoms with E-state index in [4.69, 9.17) is 5.11 Å². The summed E-state index contributed by atoms with van der Waals surface area (Å²) in [5.74, 6) is -0.891. The average molecular weight is 126 g/mol. The van der Waals surface area contributed by atoms with Crippen LogP contribution in [0.4, 0.5) is 0 Å². The van der Waals surface area contributed by atoms with Crippen molar-refractivity contribution in [3.63, 3.8) is 0 Å². The normalized spacial score (nSPS) is 8.14. The summed E-state index contributed by atoms with van der Waals surface area (Å²) in [6, 6.07) is 0. The molecule has 0 unspecified atom stereocenters. The molecule has 0 aliphatic heterocycles. The molecule has 0 saturated carbocycles. The van der Waals surface area contributed by atoms with E-state index < -0.39 is 5.97 Å². The van der Waals surface area contributed by atoms with Crippen molar-refractivity contribution in [2.45, 2.75) is 6.92 Å². The van der Waals surface area contributed by atoms with Crippen molar-refractivity contribution in [2.75, 3.05) is 0 Å². The van der Waals surface area contributed by atoms with Crippen LogP contribution in [0.15, 0.2) is 12.2 Å². The van der Waals surface area contributed by atoms with Crippen molar-refractivity contribution in [1.29, 1.82) is 0 Å². The summed E-state index contributed by atoms with van der Waals surface area (Å²) >= 11 is 0. The first-order chi connectivity index (χ1) is 2.77. The number of carboxylic acid groups (broad SMARTS) is 1. The minimum absolute atomic E-state index is 0. The van der Waals surface area contributed by atoms with Gasteiger partial charge in [-0.2, -0.15) is 0 Å². The van der Waals surface area contributed by atoms with E-state index in [-0.39, 0.29) is 51.4 Å². The summed E-state index contributed by atoms with van der Waals surface area (Å²) in [4.78, 5) is 9.51. The second-order valence-electron chi connectivity index (χ2n) is 0.838. The van der Waals surface area contributed by atoms with Crippen molar-refractivity contribution < 1.29 is 9.90 Å². The van der Waals surface area contributed by atoms with Crippen LogP contribution in [0.25, 0.3) is 0 Å². The van der Waals surface area contributed by atoms with Crippen LogP contribution < -0.4 is 0 Å². The molecule has 0 bridgehead atoms. The van der Waals surface area contributed by atoms with Gasteiger partial charge in [-0.3, -0.25) is 0 Å². The number of carboxylic acids is 1. The Morgan fingerprint density at radius 1 is 1.71 bits per heavy atom. The van der Waals surface area contributed by atoms with Gasteiger partial charge in [0.2, 0.25) is 0 Å². The van der Waals surface area contributed by atoms with Gasteiger partial charge in [0.15, 0.2) is 0 Å². The second-order valence-corrected chi connectivity index (χ2v) is 0.838. The molecule has 0 aliphatic rings. The first kappa shape index (κ1) is 10.8. The SMILES string of the molecule is CC=CC(=O)O.[KH]. The third-order valence-electron chi connectivity index (χ3n) is 0.309. The van der Waals surface area contributed by atoms with Crippen molar-refractivity contribution in [1.82, 2.24) is 0 Å². The zero-order chi connectivity index (χ0) is 4.99. The molecule has 0 aromatic heterocycles. The third-order valence-corrected chi connectivity index (χ3v) is 0.309. The van der Waals surface area contributed by atoms with Gasteiger partial charge >= 0.3 is 57.4 Å². The topological polar surface area (TPSA) is 37.3 Å². The van der Waals surface area contributed by atoms with Crippen molar-refractivity contribution >= 4 is 57.4 Å².